The highest BCUT2D eigenvalue weighted by molar-refractivity contribution is 8.18. The number of carbonyl (C=O) groups is 1. The molecular formula is C22H20N2O7S. The van der Waals surface area contributed by atoms with Crippen molar-refractivity contribution in [3.63, 3.8) is 0 Å². The summed E-state index contributed by atoms with van der Waals surface area (Å²) in [6.07, 6.45) is 1.61. The molecule has 9 nitrogen and oxygen atoms in total. The maximum absolute atomic E-state index is 12.5. The molecule has 0 atom stereocenters. The molecule has 0 saturated carbocycles. The van der Waals surface area contributed by atoms with Gasteiger partial charge in [0.2, 0.25) is 0 Å². The van der Waals surface area contributed by atoms with Gasteiger partial charge >= 0.3 is 5.97 Å². The number of benzene rings is 2. The van der Waals surface area contributed by atoms with Crippen LogP contribution in [0.4, 0.5) is 11.4 Å². The zero-order valence-corrected chi connectivity index (χ0v) is 18.3. The van der Waals surface area contributed by atoms with Crippen molar-refractivity contribution in [2.75, 3.05) is 20.8 Å². The second kappa shape index (κ2) is 10.0. The van der Waals surface area contributed by atoms with Gasteiger partial charge in [0, 0.05) is 18.2 Å². The molecule has 1 N–H and O–H groups in total. The number of esters is 1. The maximum Gasteiger partial charge on any atom is 0.344 e. The SMILES string of the molecule is CCOC(=O)C1=C(O)C(=Cc2ccc([N+](=O)[O-])cc2)SC1=Nc1ccc(OC)cc1OC. The molecule has 0 bridgehead atoms. The summed E-state index contributed by atoms with van der Waals surface area (Å²) in [5.74, 6) is 0.00874. The summed E-state index contributed by atoms with van der Waals surface area (Å²) < 4.78 is 15.6. The highest BCUT2D eigenvalue weighted by Crippen LogP contribution is 2.42. The Labute approximate surface area is 188 Å². The average Bonchev–Trinajstić information content (AvgIpc) is 3.09. The smallest absolute Gasteiger partial charge is 0.344 e. The third-order valence-corrected chi connectivity index (χ3v) is 5.40. The lowest BCUT2D eigenvalue weighted by atomic mass is 10.1. The summed E-state index contributed by atoms with van der Waals surface area (Å²) in [6, 6.07) is 10.8. The lowest BCUT2D eigenvalue weighted by molar-refractivity contribution is -0.384. The number of methoxy groups -OCH3 is 2. The Kier molecular flexibility index (Phi) is 7.16. The van der Waals surface area contributed by atoms with Gasteiger partial charge in [0.15, 0.2) is 0 Å². The minimum absolute atomic E-state index is 0.0490. The van der Waals surface area contributed by atoms with Crippen LogP contribution >= 0.6 is 11.8 Å². The summed E-state index contributed by atoms with van der Waals surface area (Å²) in [6.45, 7) is 1.79. The Balaban J connectivity index is 2.04. The van der Waals surface area contributed by atoms with Gasteiger partial charge in [-0.1, -0.05) is 11.8 Å². The van der Waals surface area contributed by atoms with E-state index in [-0.39, 0.29) is 28.7 Å². The molecule has 2 aromatic carbocycles. The molecule has 10 heteroatoms. The third-order valence-electron chi connectivity index (χ3n) is 4.38. The summed E-state index contributed by atoms with van der Waals surface area (Å²) in [7, 11) is 3.02. The minimum Gasteiger partial charge on any atom is -0.506 e. The molecule has 0 amide bonds. The molecular weight excluding hydrogens is 436 g/mol. The number of carbonyl (C=O) groups excluding carboxylic acids is 1. The topological polar surface area (TPSA) is 120 Å². The van der Waals surface area contributed by atoms with Crippen LogP contribution in [0.5, 0.6) is 11.5 Å². The van der Waals surface area contributed by atoms with Crippen molar-refractivity contribution in [1.29, 1.82) is 0 Å². The first-order chi connectivity index (χ1) is 15.4. The van der Waals surface area contributed by atoms with Crippen molar-refractivity contribution in [2.45, 2.75) is 6.92 Å². The molecule has 0 spiro atoms. The van der Waals surface area contributed by atoms with E-state index in [1.165, 1.54) is 26.4 Å². The Hall–Kier alpha value is -3.79. The fourth-order valence-corrected chi connectivity index (χ4v) is 3.85. The Bertz CT molecular complexity index is 1140. The molecule has 0 unspecified atom stereocenters. The molecule has 2 aromatic rings. The van der Waals surface area contributed by atoms with Gasteiger partial charge in [-0.3, -0.25) is 10.1 Å². The van der Waals surface area contributed by atoms with Crippen LogP contribution in [0.1, 0.15) is 12.5 Å². The Morgan fingerprint density at radius 2 is 1.91 bits per heavy atom. The van der Waals surface area contributed by atoms with Crippen molar-refractivity contribution in [2.24, 2.45) is 4.99 Å². The first kappa shape index (κ1) is 22.9. The molecule has 32 heavy (non-hydrogen) atoms. The van der Waals surface area contributed by atoms with E-state index < -0.39 is 10.9 Å². The van der Waals surface area contributed by atoms with Crippen LogP contribution in [0.25, 0.3) is 6.08 Å². The van der Waals surface area contributed by atoms with Crippen LogP contribution in [0.3, 0.4) is 0 Å². The monoisotopic (exact) mass is 456 g/mol. The first-order valence-corrected chi connectivity index (χ1v) is 10.2. The van der Waals surface area contributed by atoms with Gasteiger partial charge in [0.1, 0.15) is 33.6 Å². The van der Waals surface area contributed by atoms with Gasteiger partial charge in [-0.15, -0.1) is 0 Å². The van der Waals surface area contributed by atoms with Crippen LogP contribution < -0.4 is 9.47 Å². The summed E-state index contributed by atoms with van der Waals surface area (Å²) in [5, 5.41) is 21.8. The van der Waals surface area contributed by atoms with E-state index in [9.17, 15) is 20.0 Å². The normalized spacial score (nSPS) is 15.8. The first-order valence-electron chi connectivity index (χ1n) is 9.43. The van der Waals surface area contributed by atoms with E-state index in [4.69, 9.17) is 14.2 Å². The molecule has 0 saturated heterocycles. The molecule has 0 radical (unpaired) electrons. The number of hydrogen-bond acceptors (Lipinski definition) is 9. The summed E-state index contributed by atoms with van der Waals surface area (Å²) in [5.41, 5.74) is 0.924. The largest absolute Gasteiger partial charge is 0.506 e. The van der Waals surface area contributed by atoms with E-state index >= 15 is 0 Å². The zero-order valence-electron chi connectivity index (χ0n) is 17.5. The van der Waals surface area contributed by atoms with Crippen LogP contribution in [0.15, 0.2) is 63.7 Å². The molecule has 1 aliphatic rings. The number of hydrogen-bond donors (Lipinski definition) is 1. The summed E-state index contributed by atoms with van der Waals surface area (Å²) >= 11 is 1.08. The van der Waals surface area contributed by atoms with Gasteiger partial charge < -0.3 is 19.3 Å². The Morgan fingerprint density at radius 3 is 2.50 bits per heavy atom. The molecule has 1 heterocycles. The van der Waals surface area contributed by atoms with E-state index in [1.807, 2.05) is 0 Å². The Morgan fingerprint density at radius 1 is 1.19 bits per heavy atom. The average molecular weight is 456 g/mol. The highest BCUT2D eigenvalue weighted by atomic mass is 32.2. The van der Waals surface area contributed by atoms with Crippen molar-refractivity contribution in [3.8, 4) is 11.5 Å². The van der Waals surface area contributed by atoms with Gasteiger partial charge in [-0.25, -0.2) is 9.79 Å². The maximum atomic E-state index is 12.5. The molecule has 0 aromatic heterocycles. The number of rotatable bonds is 7. The molecule has 3 rings (SSSR count). The van der Waals surface area contributed by atoms with Crippen LogP contribution in [-0.4, -0.2) is 41.9 Å². The lowest BCUT2D eigenvalue weighted by Crippen LogP contribution is -2.12. The number of thioether (sulfide) groups is 1. The fraction of sp³-hybridized carbons (Fsp3) is 0.182. The van der Waals surface area contributed by atoms with Gasteiger partial charge in [0.25, 0.3) is 5.69 Å². The standard InChI is InChI=1S/C22H20N2O7S/c1-4-31-22(26)19-20(25)18(11-13-5-7-14(8-6-13)24(27)28)32-21(19)23-16-10-9-15(29-2)12-17(16)30-3/h5-12,25H,4H2,1-3H3. The number of ether oxygens (including phenoxy) is 3. The second-order valence-electron chi connectivity index (χ2n) is 6.36. The van der Waals surface area contributed by atoms with Gasteiger partial charge in [-0.05, 0) is 42.8 Å². The molecule has 0 fully saturated rings. The lowest BCUT2D eigenvalue weighted by Gasteiger charge is -2.08. The van der Waals surface area contributed by atoms with Crippen molar-refractivity contribution >= 4 is 40.2 Å². The number of nitro groups is 1. The van der Waals surface area contributed by atoms with Crippen LogP contribution in [-0.2, 0) is 9.53 Å². The van der Waals surface area contributed by atoms with Crippen molar-refractivity contribution in [1.82, 2.24) is 0 Å². The van der Waals surface area contributed by atoms with Gasteiger partial charge in [0.05, 0.1) is 30.7 Å². The number of aliphatic hydroxyl groups excluding tert-OH is 1. The quantitative estimate of drug-likeness (QED) is 0.358. The molecule has 166 valence electrons. The molecule has 1 aliphatic heterocycles. The van der Waals surface area contributed by atoms with E-state index in [2.05, 4.69) is 4.99 Å². The number of nitro benzene ring substituents is 1. The second-order valence-corrected chi connectivity index (χ2v) is 7.39. The number of non-ortho nitro benzene ring substituents is 1. The third kappa shape index (κ3) is 4.92. The van der Waals surface area contributed by atoms with E-state index in [0.717, 1.165) is 11.8 Å². The van der Waals surface area contributed by atoms with Crippen LogP contribution in [0.2, 0.25) is 0 Å². The summed E-state index contributed by atoms with van der Waals surface area (Å²) in [4.78, 5) is 27.8. The zero-order chi connectivity index (χ0) is 23.3. The minimum atomic E-state index is -0.712. The number of aliphatic hydroxyl groups is 1. The van der Waals surface area contributed by atoms with Crippen molar-refractivity contribution in [3.05, 3.63) is 74.4 Å². The van der Waals surface area contributed by atoms with E-state index in [1.54, 1.807) is 43.3 Å². The fourth-order valence-electron chi connectivity index (χ4n) is 2.82. The highest BCUT2D eigenvalue weighted by Gasteiger charge is 2.33. The molecule has 0 aliphatic carbocycles. The number of nitrogens with zero attached hydrogens (tertiary/aromatic N) is 2. The van der Waals surface area contributed by atoms with E-state index in [0.29, 0.717) is 27.7 Å². The van der Waals surface area contributed by atoms with Crippen LogP contribution in [0, 0.1) is 10.1 Å². The van der Waals surface area contributed by atoms with Crippen molar-refractivity contribution < 1.29 is 29.0 Å². The predicted molar refractivity (Wildman–Crippen MR) is 122 cm³/mol. The van der Waals surface area contributed by atoms with Gasteiger partial charge in [-0.2, -0.15) is 0 Å². The number of aliphatic imine (C=N–C) groups is 1. The predicted octanol–water partition coefficient (Wildman–Crippen LogP) is 4.81.